The molecule has 4 rings (SSSR count). The Morgan fingerprint density at radius 2 is 2.03 bits per heavy atom. The highest BCUT2D eigenvalue weighted by Crippen LogP contribution is 2.36. The molecule has 3 aromatic carbocycles. The second kappa shape index (κ2) is 8.47. The summed E-state index contributed by atoms with van der Waals surface area (Å²) >= 11 is 0. The van der Waals surface area contributed by atoms with Gasteiger partial charge in [0.25, 0.3) is 5.91 Å². The molecule has 3 N–H and O–H groups in total. The Morgan fingerprint density at radius 3 is 2.75 bits per heavy atom. The van der Waals surface area contributed by atoms with E-state index in [-0.39, 0.29) is 6.54 Å². The normalized spacial score (nSPS) is 17.7. The van der Waals surface area contributed by atoms with Crippen molar-refractivity contribution in [2.75, 3.05) is 17.3 Å². The van der Waals surface area contributed by atoms with Gasteiger partial charge in [0.2, 0.25) is 0 Å². The van der Waals surface area contributed by atoms with E-state index < -0.39 is 24.1 Å². The molecule has 8 nitrogen and oxygen atoms in total. The van der Waals surface area contributed by atoms with E-state index in [4.69, 9.17) is 4.74 Å². The SMILES string of the molecule is COc1ccc2ccccc2c1CN1C(=O)[C@@H](NC(=O)O)[C@H](C)Nc2cc(C#N)ccc21. The summed E-state index contributed by atoms with van der Waals surface area (Å²) in [6, 6.07) is 17.1. The highest BCUT2D eigenvalue weighted by molar-refractivity contribution is 6.04. The average Bonchev–Trinajstić information content (AvgIpc) is 2.88. The lowest BCUT2D eigenvalue weighted by molar-refractivity contribution is -0.120. The van der Waals surface area contributed by atoms with E-state index in [0.29, 0.717) is 22.7 Å². The van der Waals surface area contributed by atoms with Crippen LogP contribution in [-0.4, -0.2) is 36.3 Å². The first-order valence-electron chi connectivity index (χ1n) is 10.1. The van der Waals surface area contributed by atoms with E-state index in [1.54, 1.807) is 32.2 Å². The van der Waals surface area contributed by atoms with Gasteiger partial charge >= 0.3 is 6.09 Å². The van der Waals surface area contributed by atoms with Crippen molar-refractivity contribution in [1.82, 2.24) is 5.32 Å². The third-order valence-electron chi connectivity index (χ3n) is 5.64. The van der Waals surface area contributed by atoms with Crippen LogP contribution >= 0.6 is 0 Å². The zero-order valence-corrected chi connectivity index (χ0v) is 17.6. The molecule has 2 amide bonds. The number of carboxylic acid groups (broad SMARTS) is 1. The molecule has 0 bridgehead atoms. The Balaban J connectivity index is 1.88. The lowest BCUT2D eigenvalue weighted by atomic mass is 10.0. The highest BCUT2D eigenvalue weighted by atomic mass is 16.5. The molecule has 0 spiro atoms. The Labute approximate surface area is 185 Å². The molecule has 0 saturated heterocycles. The van der Waals surface area contributed by atoms with Gasteiger partial charge in [0.05, 0.1) is 42.7 Å². The third-order valence-corrected chi connectivity index (χ3v) is 5.64. The number of methoxy groups -OCH3 is 1. The van der Waals surface area contributed by atoms with Crippen LogP contribution in [-0.2, 0) is 11.3 Å². The predicted octanol–water partition coefficient (Wildman–Crippen LogP) is 3.70. The van der Waals surface area contributed by atoms with Crippen molar-refractivity contribution in [2.45, 2.75) is 25.6 Å². The summed E-state index contributed by atoms with van der Waals surface area (Å²) in [6.45, 7) is 1.89. The van der Waals surface area contributed by atoms with Gasteiger partial charge < -0.3 is 25.4 Å². The van der Waals surface area contributed by atoms with Crippen LogP contribution in [0.15, 0.2) is 54.6 Å². The maximum atomic E-state index is 13.6. The molecule has 0 fully saturated rings. The number of benzene rings is 3. The number of hydrogen-bond donors (Lipinski definition) is 3. The summed E-state index contributed by atoms with van der Waals surface area (Å²) < 4.78 is 5.59. The van der Waals surface area contributed by atoms with Crippen molar-refractivity contribution in [3.05, 3.63) is 65.7 Å². The molecular weight excluding hydrogens is 408 g/mol. The van der Waals surface area contributed by atoms with Crippen LogP contribution in [0.25, 0.3) is 10.8 Å². The van der Waals surface area contributed by atoms with Gasteiger partial charge in [0, 0.05) is 5.56 Å². The topological polar surface area (TPSA) is 115 Å². The first-order chi connectivity index (χ1) is 15.4. The molecule has 1 aliphatic heterocycles. The number of nitriles is 1. The molecule has 0 saturated carbocycles. The van der Waals surface area contributed by atoms with Gasteiger partial charge in [-0.2, -0.15) is 5.26 Å². The first-order valence-corrected chi connectivity index (χ1v) is 10.1. The number of nitrogens with one attached hydrogen (secondary N) is 2. The number of nitrogens with zero attached hydrogens (tertiary/aromatic N) is 2. The second-order valence-corrected chi connectivity index (χ2v) is 7.60. The maximum absolute atomic E-state index is 13.6. The van der Waals surface area contributed by atoms with Crippen LogP contribution < -0.4 is 20.3 Å². The first kappa shape index (κ1) is 21.0. The fourth-order valence-electron chi connectivity index (χ4n) is 4.10. The molecule has 0 unspecified atom stereocenters. The Bertz CT molecular complexity index is 1250. The van der Waals surface area contributed by atoms with Crippen molar-refractivity contribution in [3.63, 3.8) is 0 Å². The van der Waals surface area contributed by atoms with E-state index >= 15 is 0 Å². The molecule has 0 aromatic heterocycles. The minimum Gasteiger partial charge on any atom is -0.496 e. The number of amides is 2. The fraction of sp³-hybridized carbons (Fsp3) is 0.208. The quantitative estimate of drug-likeness (QED) is 0.581. The lowest BCUT2D eigenvalue weighted by Gasteiger charge is -2.27. The van der Waals surface area contributed by atoms with Crippen molar-refractivity contribution >= 4 is 34.1 Å². The molecule has 162 valence electrons. The Hall–Kier alpha value is -4.25. The van der Waals surface area contributed by atoms with Crippen molar-refractivity contribution in [1.29, 1.82) is 5.26 Å². The predicted molar refractivity (Wildman–Crippen MR) is 121 cm³/mol. The van der Waals surface area contributed by atoms with E-state index in [9.17, 15) is 20.0 Å². The van der Waals surface area contributed by atoms with Crippen LogP contribution in [0.2, 0.25) is 0 Å². The molecular formula is C24H22N4O4. The fourth-order valence-corrected chi connectivity index (χ4v) is 4.10. The third kappa shape index (κ3) is 3.76. The number of ether oxygens (including phenoxy) is 1. The summed E-state index contributed by atoms with van der Waals surface area (Å²) in [6.07, 6.45) is -1.29. The summed E-state index contributed by atoms with van der Waals surface area (Å²) in [5, 5.41) is 26.1. The molecule has 1 aliphatic rings. The summed E-state index contributed by atoms with van der Waals surface area (Å²) in [7, 11) is 1.57. The van der Waals surface area contributed by atoms with Crippen LogP contribution in [0, 0.1) is 11.3 Å². The zero-order valence-electron chi connectivity index (χ0n) is 17.6. The largest absolute Gasteiger partial charge is 0.496 e. The van der Waals surface area contributed by atoms with E-state index in [1.165, 1.54) is 4.90 Å². The van der Waals surface area contributed by atoms with Crippen molar-refractivity contribution < 1.29 is 19.4 Å². The molecule has 0 aliphatic carbocycles. The summed E-state index contributed by atoms with van der Waals surface area (Å²) in [5.41, 5.74) is 2.38. The lowest BCUT2D eigenvalue weighted by Crippen LogP contribution is -2.53. The van der Waals surface area contributed by atoms with Gasteiger partial charge in [0.1, 0.15) is 11.8 Å². The number of anilines is 2. The summed E-state index contributed by atoms with van der Waals surface area (Å²) in [5.74, 6) is 0.227. The minimum absolute atomic E-state index is 0.161. The van der Waals surface area contributed by atoms with E-state index in [2.05, 4.69) is 16.7 Å². The molecule has 8 heteroatoms. The molecule has 2 atom stereocenters. The van der Waals surface area contributed by atoms with Gasteiger partial charge in [-0.05, 0) is 42.0 Å². The van der Waals surface area contributed by atoms with Gasteiger partial charge in [0.15, 0.2) is 0 Å². The average molecular weight is 430 g/mol. The Morgan fingerprint density at radius 1 is 1.25 bits per heavy atom. The number of fused-ring (bicyclic) bond motifs is 2. The molecule has 0 radical (unpaired) electrons. The number of rotatable bonds is 4. The van der Waals surface area contributed by atoms with Crippen molar-refractivity contribution in [3.8, 4) is 11.8 Å². The van der Waals surface area contributed by atoms with Crippen LogP contribution in [0.5, 0.6) is 5.75 Å². The number of hydrogen-bond acceptors (Lipinski definition) is 5. The van der Waals surface area contributed by atoms with Gasteiger partial charge in [-0.1, -0.05) is 30.3 Å². The Kier molecular flexibility index (Phi) is 5.56. The van der Waals surface area contributed by atoms with E-state index in [1.807, 2.05) is 36.4 Å². The molecule has 32 heavy (non-hydrogen) atoms. The van der Waals surface area contributed by atoms with Crippen LogP contribution in [0.3, 0.4) is 0 Å². The van der Waals surface area contributed by atoms with Crippen LogP contribution in [0.1, 0.15) is 18.1 Å². The monoisotopic (exact) mass is 430 g/mol. The number of carbonyl (C=O) groups excluding carboxylic acids is 1. The van der Waals surface area contributed by atoms with Gasteiger partial charge in [-0.15, -0.1) is 0 Å². The van der Waals surface area contributed by atoms with Crippen LogP contribution in [0.4, 0.5) is 16.2 Å². The van der Waals surface area contributed by atoms with Gasteiger partial charge in [-0.3, -0.25) is 4.79 Å². The standard InChI is InChI=1S/C24H22N4O4/c1-14-22(27-24(30)31)23(29)28(20-9-7-15(12-25)11-19(20)26-14)13-18-17-6-4-3-5-16(17)8-10-21(18)32-2/h3-11,14,22,26-27H,13H2,1-2H3,(H,30,31)/t14-,22-/m0/s1. The van der Waals surface area contributed by atoms with Crippen molar-refractivity contribution in [2.24, 2.45) is 0 Å². The zero-order chi connectivity index (χ0) is 22.8. The molecule has 1 heterocycles. The number of carbonyl (C=O) groups is 2. The summed E-state index contributed by atoms with van der Waals surface area (Å²) in [4.78, 5) is 26.6. The van der Waals surface area contributed by atoms with E-state index in [0.717, 1.165) is 16.3 Å². The minimum atomic E-state index is -1.29. The smallest absolute Gasteiger partial charge is 0.405 e. The molecule has 3 aromatic rings. The second-order valence-electron chi connectivity index (χ2n) is 7.60. The maximum Gasteiger partial charge on any atom is 0.405 e. The highest BCUT2D eigenvalue weighted by Gasteiger charge is 2.36. The van der Waals surface area contributed by atoms with Gasteiger partial charge in [-0.25, -0.2) is 4.79 Å².